The van der Waals surface area contributed by atoms with Crippen molar-refractivity contribution in [2.75, 3.05) is 50.6 Å². The Morgan fingerprint density at radius 1 is 0.941 bits per heavy atom. The zero-order chi connectivity index (χ0) is 12.8. The van der Waals surface area contributed by atoms with Crippen LogP contribution in [0.2, 0.25) is 0 Å². The van der Waals surface area contributed by atoms with Gasteiger partial charge in [-0.2, -0.15) is 0 Å². The van der Waals surface area contributed by atoms with E-state index < -0.39 is 0 Å². The smallest absolute Gasteiger partial charge is 0.280 e. The Labute approximate surface area is 130 Å². The second-order valence-electron chi connectivity index (χ2n) is 3.08. The lowest BCUT2D eigenvalue weighted by molar-refractivity contribution is 0.0174. The van der Waals surface area contributed by atoms with Gasteiger partial charge < -0.3 is 19.5 Å². The fourth-order valence-corrected chi connectivity index (χ4v) is 1.54. The van der Waals surface area contributed by atoms with Crippen molar-refractivity contribution in [3.8, 4) is 0 Å². The van der Waals surface area contributed by atoms with Crippen LogP contribution in [0.4, 0.5) is 4.79 Å². The molecule has 0 aliphatic heterocycles. The standard InChI is InChI=1S/C10H19I2NO4/c11-2-5-16-7-9-17-8-6-15-4-1-3-13-10(12)14/h1-9H2,(H,13,14). The zero-order valence-corrected chi connectivity index (χ0v) is 14.1. The summed E-state index contributed by atoms with van der Waals surface area (Å²) in [5.74, 6) is 0. The fourth-order valence-electron chi connectivity index (χ4n) is 0.957. The molecule has 0 radical (unpaired) electrons. The monoisotopic (exact) mass is 471 g/mol. The number of nitrogens with one attached hydrogen (secondary N) is 1. The first-order chi connectivity index (χ1) is 8.27. The molecule has 5 nitrogen and oxygen atoms in total. The Morgan fingerprint density at radius 2 is 1.47 bits per heavy atom. The highest BCUT2D eigenvalue weighted by atomic mass is 127. The van der Waals surface area contributed by atoms with Gasteiger partial charge >= 0.3 is 0 Å². The Balaban J connectivity index is 2.91. The molecule has 102 valence electrons. The molecule has 0 unspecified atom stereocenters. The molecular weight excluding hydrogens is 452 g/mol. The van der Waals surface area contributed by atoms with Crippen LogP contribution in [0, 0.1) is 0 Å². The van der Waals surface area contributed by atoms with Gasteiger partial charge in [0.15, 0.2) is 0 Å². The van der Waals surface area contributed by atoms with E-state index in [1.54, 1.807) is 22.6 Å². The summed E-state index contributed by atoms with van der Waals surface area (Å²) in [4.78, 5) is 10.5. The molecule has 0 bridgehead atoms. The number of alkyl halides is 1. The number of hydrogen-bond acceptors (Lipinski definition) is 4. The molecule has 0 atom stereocenters. The SMILES string of the molecule is O=C(I)NCCCOCCOCCOCCI. The Kier molecular flexibility index (Phi) is 15.6. The van der Waals surface area contributed by atoms with Crippen molar-refractivity contribution >= 4 is 49.1 Å². The molecule has 0 saturated heterocycles. The van der Waals surface area contributed by atoms with E-state index in [0.29, 0.717) is 39.6 Å². The lowest BCUT2D eigenvalue weighted by atomic mass is 10.4. The highest BCUT2D eigenvalue weighted by molar-refractivity contribution is 14.1. The lowest BCUT2D eigenvalue weighted by Crippen LogP contribution is -2.19. The molecule has 0 saturated carbocycles. The third-order valence-corrected chi connectivity index (χ3v) is 2.52. The van der Waals surface area contributed by atoms with E-state index in [1.807, 2.05) is 0 Å². The first-order valence-corrected chi connectivity index (χ1v) is 8.10. The van der Waals surface area contributed by atoms with E-state index >= 15 is 0 Å². The molecule has 0 heterocycles. The van der Waals surface area contributed by atoms with Crippen molar-refractivity contribution in [1.29, 1.82) is 0 Å². The topological polar surface area (TPSA) is 56.8 Å². The maximum Gasteiger partial charge on any atom is 0.280 e. The molecule has 17 heavy (non-hydrogen) atoms. The molecule has 1 amide bonds. The van der Waals surface area contributed by atoms with E-state index in [0.717, 1.165) is 17.5 Å². The van der Waals surface area contributed by atoms with Crippen LogP contribution in [-0.2, 0) is 14.2 Å². The third kappa shape index (κ3) is 16.8. The second-order valence-corrected chi connectivity index (χ2v) is 5.14. The van der Waals surface area contributed by atoms with Gasteiger partial charge in [-0.3, -0.25) is 4.79 Å². The molecule has 0 aliphatic rings. The molecule has 0 rings (SSSR count). The van der Waals surface area contributed by atoms with Gasteiger partial charge in [0, 0.05) is 40.2 Å². The lowest BCUT2D eigenvalue weighted by Gasteiger charge is -2.06. The number of rotatable bonds is 12. The summed E-state index contributed by atoms with van der Waals surface area (Å²) in [7, 11) is 0. The van der Waals surface area contributed by atoms with E-state index in [2.05, 4.69) is 27.9 Å². The molecule has 1 N–H and O–H groups in total. The fraction of sp³-hybridized carbons (Fsp3) is 0.900. The second kappa shape index (κ2) is 14.9. The normalized spacial score (nSPS) is 10.5. The first kappa shape index (κ1) is 17.8. The van der Waals surface area contributed by atoms with Crippen molar-refractivity contribution in [2.24, 2.45) is 0 Å². The maximum absolute atomic E-state index is 10.5. The first-order valence-electron chi connectivity index (χ1n) is 5.50. The van der Waals surface area contributed by atoms with Gasteiger partial charge in [-0.25, -0.2) is 0 Å². The number of carbonyl (C=O) groups is 1. The van der Waals surface area contributed by atoms with E-state index in [9.17, 15) is 4.79 Å². The quantitative estimate of drug-likeness (QED) is 0.156. The van der Waals surface area contributed by atoms with Crippen molar-refractivity contribution < 1.29 is 19.0 Å². The largest absolute Gasteiger partial charge is 0.379 e. The van der Waals surface area contributed by atoms with Gasteiger partial charge in [-0.05, 0) is 6.42 Å². The highest BCUT2D eigenvalue weighted by Crippen LogP contribution is 1.87. The predicted molar refractivity (Wildman–Crippen MR) is 83.4 cm³/mol. The van der Waals surface area contributed by atoms with Crippen LogP contribution in [0.1, 0.15) is 6.42 Å². The summed E-state index contributed by atoms with van der Waals surface area (Å²) in [6.07, 6.45) is 0.827. The molecule has 0 aromatic carbocycles. The molecule has 0 fully saturated rings. The highest BCUT2D eigenvalue weighted by Gasteiger charge is 1.93. The minimum absolute atomic E-state index is 0.0302. The van der Waals surface area contributed by atoms with Crippen molar-refractivity contribution in [3.63, 3.8) is 0 Å². The van der Waals surface area contributed by atoms with Gasteiger partial charge in [0.05, 0.1) is 33.0 Å². The number of carbonyl (C=O) groups excluding carboxylic acids is 1. The predicted octanol–water partition coefficient (Wildman–Crippen LogP) is 2.01. The summed E-state index contributed by atoms with van der Waals surface area (Å²) in [5, 5.41) is 2.70. The van der Waals surface area contributed by atoms with E-state index in [4.69, 9.17) is 14.2 Å². The summed E-state index contributed by atoms with van der Waals surface area (Å²) in [5.41, 5.74) is 0. The minimum atomic E-state index is -0.0302. The van der Waals surface area contributed by atoms with Crippen molar-refractivity contribution in [2.45, 2.75) is 6.42 Å². The van der Waals surface area contributed by atoms with Crippen LogP contribution in [0.25, 0.3) is 0 Å². The van der Waals surface area contributed by atoms with Gasteiger partial charge in [0.1, 0.15) is 0 Å². The Hall–Kier alpha value is 0.810. The maximum atomic E-state index is 10.5. The Morgan fingerprint density at radius 3 is 2.00 bits per heavy atom. The van der Waals surface area contributed by atoms with Gasteiger partial charge in [-0.1, -0.05) is 22.6 Å². The molecule has 0 aromatic heterocycles. The van der Waals surface area contributed by atoms with E-state index in [-0.39, 0.29) is 3.91 Å². The van der Waals surface area contributed by atoms with Gasteiger partial charge in [-0.15, -0.1) is 0 Å². The molecular formula is C10H19I2NO4. The van der Waals surface area contributed by atoms with E-state index in [1.165, 1.54) is 0 Å². The van der Waals surface area contributed by atoms with Crippen LogP contribution in [0.15, 0.2) is 0 Å². The number of hydrogen-bond donors (Lipinski definition) is 1. The summed E-state index contributed by atoms with van der Waals surface area (Å²) in [6.45, 7) is 4.52. The molecule has 0 aromatic rings. The summed E-state index contributed by atoms with van der Waals surface area (Å²) < 4.78 is 16.9. The number of amides is 1. The van der Waals surface area contributed by atoms with Crippen LogP contribution in [0.5, 0.6) is 0 Å². The van der Waals surface area contributed by atoms with Gasteiger partial charge in [0.25, 0.3) is 3.91 Å². The number of ether oxygens (including phenoxy) is 3. The molecule has 0 spiro atoms. The van der Waals surface area contributed by atoms with Gasteiger partial charge in [0.2, 0.25) is 0 Å². The molecule has 7 heteroatoms. The average molecular weight is 471 g/mol. The van der Waals surface area contributed by atoms with Crippen molar-refractivity contribution in [3.05, 3.63) is 0 Å². The van der Waals surface area contributed by atoms with Crippen LogP contribution < -0.4 is 5.32 Å². The van der Waals surface area contributed by atoms with Crippen molar-refractivity contribution in [1.82, 2.24) is 5.32 Å². The summed E-state index contributed by atoms with van der Waals surface area (Å²) >= 11 is 3.98. The van der Waals surface area contributed by atoms with Crippen LogP contribution >= 0.6 is 45.2 Å². The third-order valence-electron chi connectivity index (χ3n) is 1.69. The Bertz CT molecular complexity index is 184. The van der Waals surface area contributed by atoms with Crippen LogP contribution in [0.3, 0.4) is 0 Å². The minimum Gasteiger partial charge on any atom is -0.379 e. The van der Waals surface area contributed by atoms with Crippen LogP contribution in [-0.4, -0.2) is 54.5 Å². The summed E-state index contributed by atoms with van der Waals surface area (Å²) in [6, 6.07) is 0. The number of halogens is 2. The zero-order valence-electron chi connectivity index (χ0n) is 9.75. The average Bonchev–Trinajstić information content (AvgIpc) is 2.30. The molecule has 0 aliphatic carbocycles.